The highest BCUT2D eigenvalue weighted by Gasteiger charge is 2.12. The van der Waals surface area contributed by atoms with Crippen molar-refractivity contribution in [3.8, 4) is 11.5 Å². The third-order valence-electron chi connectivity index (χ3n) is 5.55. The van der Waals surface area contributed by atoms with E-state index in [1.165, 1.54) is 5.56 Å². The molecule has 0 saturated heterocycles. The first kappa shape index (κ1) is 21.7. The fraction of sp³-hybridized carbons (Fsp3) is 0.250. The van der Waals surface area contributed by atoms with Crippen LogP contribution in [0.1, 0.15) is 28.9 Å². The second-order valence-corrected chi connectivity index (χ2v) is 8.03. The van der Waals surface area contributed by atoms with Gasteiger partial charge in [-0.25, -0.2) is 4.98 Å². The predicted octanol–water partition coefficient (Wildman–Crippen LogP) is 6.43. The van der Waals surface area contributed by atoms with Gasteiger partial charge in [-0.05, 0) is 67.6 Å². The van der Waals surface area contributed by atoms with Crippen LogP contribution in [0.3, 0.4) is 0 Å². The molecule has 4 rings (SSSR count). The van der Waals surface area contributed by atoms with Crippen LogP contribution < -0.4 is 9.47 Å². The van der Waals surface area contributed by atoms with E-state index in [1.807, 2.05) is 36.4 Å². The number of allylic oxidation sites excluding steroid dienone is 1. The van der Waals surface area contributed by atoms with Crippen LogP contribution in [0, 0.1) is 13.8 Å². The average molecular weight is 427 g/mol. The minimum Gasteiger partial charge on any atom is -0.493 e. The number of aryl methyl sites for hydroxylation is 3. The van der Waals surface area contributed by atoms with Crippen LogP contribution in [0.2, 0.25) is 0 Å². The number of ether oxygens (including phenoxy) is 2. The second-order valence-electron chi connectivity index (χ2n) is 8.03. The van der Waals surface area contributed by atoms with E-state index in [0.717, 1.165) is 58.9 Å². The van der Waals surface area contributed by atoms with Gasteiger partial charge in [0.1, 0.15) is 23.9 Å². The van der Waals surface area contributed by atoms with Gasteiger partial charge in [0.15, 0.2) is 0 Å². The standard InChI is InChI=1S/C28H30N2O2/c1-4-10-23-11-5-8-14-26(23)32-20-28-29-24-12-6-7-13-25(24)30(28)17-9-18-31-27-19-21(2)15-16-22(27)3/h4-8,11-16,19H,1,9-10,17-18,20H2,2-3H3. The van der Waals surface area contributed by atoms with E-state index in [2.05, 4.69) is 61.4 Å². The zero-order chi connectivity index (χ0) is 22.3. The number of hydrogen-bond acceptors (Lipinski definition) is 3. The maximum Gasteiger partial charge on any atom is 0.148 e. The molecule has 0 spiro atoms. The molecule has 0 atom stereocenters. The van der Waals surface area contributed by atoms with Gasteiger partial charge in [-0.3, -0.25) is 0 Å². The van der Waals surface area contributed by atoms with E-state index in [4.69, 9.17) is 14.5 Å². The lowest BCUT2D eigenvalue weighted by molar-refractivity contribution is 0.278. The monoisotopic (exact) mass is 426 g/mol. The Hall–Kier alpha value is -3.53. The Kier molecular flexibility index (Phi) is 6.90. The topological polar surface area (TPSA) is 36.3 Å². The lowest BCUT2D eigenvalue weighted by Crippen LogP contribution is -2.10. The first-order chi connectivity index (χ1) is 15.7. The lowest BCUT2D eigenvalue weighted by Gasteiger charge is -2.13. The number of imidazole rings is 1. The molecule has 0 amide bonds. The van der Waals surface area contributed by atoms with Gasteiger partial charge in [0.05, 0.1) is 17.6 Å². The Bertz CT molecular complexity index is 1210. The largest absolute Gasteiger partial charge is 0.493 e. The van der Waals surface area contributed by atoms with Crippen LogP contribution in [-0.4, -0.2) is 16.2 Å². The third-order valence-corrected chi connectivity index (χ3v) is 5.55. The average Bonchev–Trinajstić information content (AvgIpc) is 3.16. The normalized spacial score (nSPS) is 10.9. The summed E-state index contributed by atoms with van der Waals surface area (Å²) in [5.41, 5.74) is 5.61. The summed E-state index contributed by atoms with van der Waals surface area (Å²) in [5.74, 6) is 2.76. The molecule has 0 aliphatic heterocycles. The molecule has 1 heterocycles. The summed E-state index contributed by atoms with van der Waals surface area (Å²) in [6, 6.07) is 22.6. The number of benzene rings is 3. The summed E-state index contributed by atoms with van der Waals surface area (Å²) in [6.45, 7) is 9.90. The van der Waals surface area contributed by atoms with E-state index < -0.39 is 0 Å². The van der Waals surface area contributed by atoms with Crippen molar-refractivity contribution in [1.29, 1.82) is 0 Å². The van der Waals surface area contributed by atoms with Gasteiger partial charge in [0.25, 0.3) is 0 Å². The molecule has 0 aliphatic carbocycles. The van der Waals surface area contributed by atoms with Crippen LogP contribution in [0.4, 0.5) is 0 Å². The number of hydrogen-bond donors (Lipinski definition) is 0. The zero-order valence-corrected chi connectivity index (χ0v) is 18.9. The summed E-state index contributed by atoms with van der Waals surface area (Å²) in [6.07, 6.45) is 3.56. The molecule has 1 aromatic heterocycles. The quantitative estimate of drug-likeness (QED) is 0.217. The van der Waals surface area contributed by atoms with Crippen molar-refractivity contribution >= 4 is 11.0 Å². The van der Waals surface area contributed by atoms with E-state index in [-0.39, 0.29) is 0 Å². The molecule has 0 aliphatic rings. The lowest BCUT2D eigenvalue weighted by atomic mass is 10.1. The molecular weight excluding hydrogens is 396 g/mol. The summed E-state index contributed by atoms with van der Waals surface area (Å²) in [7, 11) is 0. The Morgan fingerprint density at radius 1 is 0.938 bits per heavy atom. The maximum atomic E-state index is 6.19. The van der Waals surface area contributed by atoms with Crippen molar-refractivity contribution in [2.45, 2.75) is 39.8 Å². The highest BCUT2D eigenvalue weighted by molar-refractivity contribution is 5.75. The predicted molar refractivity (Wildman–Crippen MR) is 130 cm³/mol. The Morgan fingerprint density at radius 3 is 2.62 bits per heavy atom. The molecule has 4 heteroatoms. The van der Waals surface area contributed by atoms with Gasteiger partial charge in [-0.15, -0.1) is 6.58 Å². The van der Waals surface area contributed by atoms with Gasteiger partial charge >= 0.3 is 0 Å². The fourth-order valence-corrected chi connectivity index (χ4v) is 3.86. The fourth-order valence-electron chi connectivity index (χ4n) is 3.86. The Labute approximate surface area is 190 Å². The minimum atomic E-state index is 0.417. The highest BCUT2D eigenvalue weighted by atomic mass is 16.5. The number of para-hydroxylation sites is 3. The second kappa shape index (κ2) is 10.2. The van der Waals surface area contributed by atoms with Crippen molar-refractivity contribution in [1.82, 2.24) is 9.55 Å². The number of nitrogens with zero attached hydrogens (tertiary/aromatic N) is 2. The van der Waals surface area contributed by atoms with E-state index in [9.17, 15) is 0 Å². The summed E-state index contributed by atoms with van der Waals surface area (Å²) >= 11 is 0. The molecule has 32 heavy (non-hydrogen) atoms. The Balaban J connectivity index is 1.47. The molecule has 0 N–H and O–H groups in total. The Morgan fingerprint density at radius 2 is 1.75 bits per heavy atom. The number of fused-ring (bicyclic) bond motifs is 1. The summed E-state index contributed by atoms with van der Waals surface area (Å²) in [4.78, 5) is 4.84. The van der Waals surface area contributed by atoms with Gasteiger partial charge in [-0.2, -0.15) is 0 Å². The molecule has 164 valence electrons. The SMILES string of the molecule is C=CCc1ccccc1OCc1nc2ccccc2n1CCCOc1cc(C)ccc1C. The van der Waals surface area contributed by atoms with E-state index in [0.29, 0.717) is 13.2 Å². The van der Waals surface area contributed by atoms with Crippen molar-refractivity contribution in [2.24, 2.45) is 0 Å². The molecule has 0 radical (unpaired) electrons. The van der Waals surface area contributed by atoms with Crippen molar-refractivity contribution in [3.63, 3.8) is 0 Å². The van der Waals surface area contributed by atoms with Crippen molar-refractivity contribution < 1.29 is 9.47 Å². The van der Waals surface area contributed by atoms with Gasteiger partial charge in [0.2, 0.25) is 0 Å². The molecule has 0 unspecified atom stereocenters. The van der Waals surface area contributed by atoms with Gasteiger partial charge < -0.3 is 14.0 Å². The molecular formula is C28H30N2O2. The van der Waals surface area contributed by atoms with E-state index >= 15 is 0 Å². The van der Waals surface area contributed by atoms with Crippen LogP contribution in [0.25, 0.3) is 11.0 Å². The maximum absolute atomic E-state index is 6.19. The van der Waals surface area contributed by atoms with Crippen LogP contribution in [0.15, 0.2) is 79.4 Å². The van der Waals surface area contributed by atoms with Crippen LogP contribution in [0.5, 0.6) is 11.5 Å². The third kappa shape index (κ3) is 5.02. The molecule has 4 nitrogen and oxygen atoms in total. The first-order valence-corrected chi connectivity index (χ1v) is 11.1. The molecule has 4 aromatic rings. The van der Waals surface area contributed by atoms with Gasteiger partial charge in [0, 0.05) is 6.54 Å². The smallest absolute Gasteiger partial charge is 0.148 e. The molecule has 0 saturated carbocycles. The number of aromatic nitrogens is 2. The van der Waals surface area contributed by atoms with Crippen LogP contribution >= 0.6 is 0 Å². The highest BCUT2D eigenvalue weighted by Crippen LogP contribution is 2.23. The molecule has 0 fully saturated rings. The van der Waals surface area contributed by atoms with E-state index in [1.54, 1.807) is 0 Å². The molecule has 3 aromatic carbocycles. The molecule has 0 bridgehead atoms. The first-order valence-electron chi connectivity index (χ1n) is 11.1. The zero-order valence-electron chi connectivity index (χ0n) is 18.9. The van der Waals surface area contributed by atoms with Crippen LogP contribution in [-0.2, 0) is 19.6 Å². The number of rotatable bonds is 10. The van der Waals surface area contributed by atoms with Crippen molar-refractivity contribution in [2.75, 3.05) is 6.61 Å². The van der Waals surface area contributed by atoms with Crippen molar-refractivity contribution in [3.05, 3.63) is 102 Å². The summed E-state index contributed by atoms with van der Waals surface area (Å²) < 4.78 is 14.5. The van der Waals surface area contributed by atoms with Gasteiger partial charge in [-0.1, -0.05) is 48.5 Å². The minimum absolute atomic E-state index is 0.417. The summed E-state index contributed by atoms with van der Waals surface area (Å²) in [5, 5.41) is 0.